The van der Waals surface area contributed by atoms with Gasteiger partial charge in [-0.05, 0) is 6.92 Å². The summed E-state index contributed by atoms with van der Waals surface area (Å²) in [5.74, 6) is -0.491. The molecule has 1 aromatic heterocycles. The molecule has 8 heteroatoms. The number of halogens is 3. The summed E-state index contributed by atoms with van der Waals surface area (Å²) >= 11 is 1.80. The maximum atomic E-state index is 12.2. The van der Waals surface area contributed by atoms with Crippen molar-refractivity contribution in [1.29, 1.82) is 0 Å². The maximum absolute atomic E-state index is 12.2. The number of hydrogen-bond donors (Lipinski definition) is 0. The maximum Gasteiger partial charge on any atom is 0.434 e. The molecule has 0 saturated heterocycles. The second kappa shape index (κ2) is 5.53. The van der Waals surface area contributed by atoms with Gasteiger partial charge in [-0.15, -0.1) is 11.3 Å². The summed E-state index contributed by atoms with van der Waals surface area (Å²) in [6, 6.07) is 0. The van der Waals surface area contributed by atoms with E-state index < -0.39 is 17.8 Å². The number of rotatable bonds is 4. The van der Waals surface area contributed by atoms with E-state index in [-0.39, 0.29) is 16.7 Å². The molecule has 0 aromatic carbocycles. The van der Waals surface area contributed by atoms with E-state index in [2.05, 4.69) is 9.72 Å². The lowest BCUT2D eigenvalue weighted by molar-refractivity contribution is -0.141. The number of hydrogen-bond acceptors (Lipinski definition) is 5. The standard InChI is InChI=1S/C8H8F3NO2S2/c1-2-14-6(13)4-16-7-12-5(3-15-7)8(9,10)11/h3H,2,4H2,1H3. The first-order valence-corrected chi connectivity index (χ1v) is 6.11. The molecule has 0 bridgehead atoms. The van der Waals surface area contributed by atoms with Gasteiger partial charge in [0.05, 0.1) is 12.4 Å². The Bertz CT molecular complexity index is 364. The van der Waals surface area contributed by atoms with E-state index in [9.17, 15) is 18.0 Å². The predicted molar refractivity (Wildman–Crippen MR) is 54.5 cm³/mol. The van der Waals surface area contributed by atoms with Gasteiger partial charge >= 0.3 is 12.1 Å². The molecule has 0 fully saturated rings. The van der Waals surface area contributed by atoms with Gasteiger partial charge in [0.2, 0.25) is 0 Å². The molecule has 3 nitrogen and oxygen atoms in total. The number of carbonyl (C=O) groups is 1. The third kappa shape index (κ3) is 4.01. The lowest BCUT2D eigenvalue weighted by Gasteiger charge is -2.00. The van der Waals surface area contributed by atoms with Crippen LogP contribution in [-0.2, 0) is 15.7 Å². The van der Waals surface area contributed by atoms with E-state index in [4.69, 9.17) is 0 Å². The van der Waals surface area contributed by atoms with Crippen LogP contribution in [0, 0.1) is 0 Å². The Morgan fingerprint density at radius 1 is 1.62 bits per heavy atom. The van der Waals surface area contributed by atoms with Crippen LogP contribution in [-0.4, -0.2) is 23.3 Å². The van der Waals surface area contributed by atoms with Gasteiger partial charge in [-0.1, -0.05) is 11.8 Å². The zero-order valence-corrected chi connectivity index (χ0v) is 9.84. The highest BCUT2D eigenvalue weighted by molar-refractivity contribution is 8.01. The summed E-state index contributed by atoms with van der Waals surface area (Å²) in [7, 11) is 0. The molecule has 0 N–H and O–H groups in total. The molecular weight excluding hydrogens is 263 g/mol. The molecule has 1 heterocycles. The summed E-state index contributed by atoms with van der Waals surface area (Å²) in [5.41, 5.74) is -0.927. The third-order valence-electron chi connectivity index (χ3n) is 1.39. The van der Waals surface area contributed by atoms with Crippen molar-refractivity contribution in [3.63, 3.8) is 0 Å². The summed E-state index contributed by atoms with van der Waals surface area (Å²) < 4.78 is 41.3. The molecular formula is C8H8F3NO2S2. The van der Waals surface area contributed by atoms with Crippen LogP contribution in [0.1, 0.15) is 12.6 Å². The van der Waals surface area contributed by atoms with Crippen LogP contribution in [0.3, 0.4) is 0 Å². The molecule has 0 aliphatic rings. The van der Waals surface area contributed by atoms with Gasteiger partial charge in [0, 0.05) is 5.38 Å². The number of aromatic nitrogens is 1. The molecule has 0 unspecified atom stereocenters. The fourth-order valence-electron chi connectivity index (χ4n) is 0.777. The van der Waals surface area contributed by atoms with Crippen molar-refractivity contribution < 1.29 is 22.7 Å². The van der Waals surface area contributed by atoms with Gasteiger partial charge in [-0.25, -0.2) is 4.98 Å². The van der Waals surface area contributed by atoms with Crippen molar-refractivity contribution in [3.05, 3.63) is 11.1 Å². The van der Waals surface area contributed by atoms with Crippen LogP contribution in [0.25, 0.3) is 0 Å². The first-order valence-electron chi connectivity index (χ1n) is 4.24. The monoisotopic (exact) mass is 271 g/mol. The Morgan fingerprint density at radius 3 is 2.81 bits per heavy atom. The minimum absolute atomic E-state index is 0.0291. The van der Waals surface area contributed by atoms with Crippen LogP contribution in [0.15, 0.2) is 9.72 Å². The van der Waals surface area contributed by atoms with Gasteiger partial charge in [0.25, 0.3) is 0 Å². The number of ether oxygens (including phenoxy) is 1. The normalized spacial score (nSPS) is 11.5. The van der Waals surface area contributed by atoms with Crippen LogP contribution in [0.4, 0.5) is 13.2 Å². The Morgan fingerprint density at radius 2 is 2.31 bits per heavy atom. The quantitative estimate of drug-likeness (QED) is 0.623. The Balaban J connectivity index is 2.50. The smallest absolute Gasteiger partial charge is 0.434 e. The molecule has 0 atom stereocenters. The number of carbonyl (C=O) groups excluding carboxylic acids is 1. The first-order chi connectivity index (χ1) is 7.43. The second-order valence-electron chi connectivity index (χ2n) is 2.59. The van der Waals surface area contributed by atoms with Gasteiger partial charge in [0.1, 0.15) is 0 Å². The topological polar surface area (TPSA) is 39.2 Å². The number of thioether (sulfide) groups is 1. The fraction of sp³-hybridized carbons (Fsp3) is 0.500. The fourth-order valence-corrected chi connectivity index (χ4v) is 2.41. The SMILES string of the molecule is CCOC(=O)CSc1nc(C(F)(F)F)cs1. The van der Waals surface area contributed by atoms with E-state index in [0.29, 0.717) is 0 Å². The molecule has 90 valence electrons. The van der Waals surface area contributed by atoms with Crippen molar-refractivity contribution in [3.8, 4) is 0 Å². The zero-order chi connectivity index (χ0) is 12.2. The minimum atomic E-state index is -4.43. The highest BCUT2D eigenvalue weighted by atomic mass is 32.2. The Labute approximate surface area is 98.0 Å². The third-order valence-corrected chi connectivity index (χ3v) is 3.39. The Hall–Kier alpha value is -0.760. The van der Waals surface area contributed by atoms with E-state index >= 15 is 0 Å². The average molecular weight is 271 g/mol. The number of thiazole rings is 1. The van der Waals surface area contributed by atoms with Crippen molar-refractivity contribution in [2.24, 2.45) is 0 Å². The molecule has 0 spiro atoms. The van der Waals surface area contributed by atoms with E-state index in [1.165, 1.54) is 0 Å². The summed E-state index contributed by atoms with van der Waals surface area (Å²) in [6.45, 7) is 1.92. The number of alkyl halides is 3. The van der Waals surface area contributed by atoms with Crippen molar-refractivity contribution >= 4 is 29.1 Å². The largest absolute Gasteiger partial charge is 0.465 e. The molecule has 1 rings (SSSR count). The molecule has 0 amide bonds. The van der Waals surface area contributed by atoms with Crippen LogP contribution in [0.5, 0.6) is 0 Å². The molecule has 0 aliphatic carbocycles. The van der Waals surface area contributed by atoms with Crippen LogP contribution in [0.2, 0.25) is 0 Å². The highest BCUT2D eigenvalue weighted by Gasteiger charge is 2.33. The van der Waals surface area contributed by atoms with Gasteiger partial charge in [-0.3, -0.25) is 4.79 Å². The number of nitrogens with zero attached hydrogens (tertiary/aromatic N) is 1. The first kappa shape index (κ1) is 13.3. The zero-order valence-electron chi connectivity index (χ0n) is 8.21. The minimum Gasteiger partial charge on any atom is -0.465 e. The predicted octanol–water partition coefficient (Wildman–Crippen LogP) is 2.82. The molecule has 0 radical (unpaired) electrons. The van der Waals surface area contributed by atoms with Crippen molar-refractivity contribution in [2.45, 2.75) is 17.4 Å². The Kier molecular flexibility index (Phi) is 4.60. The number of esters is 1. The van der Waals surface area contributed by atoms with E-state index in [1.807, 2.05) is 0 Å². The van der Waals surface area contributed by atoms with E-state index in [0.717, 1.165) is 28.5 Å². The van der Waals surface area contributed by atoms with Crippen molar-refractivity contribution in [2.75, 3.05) is 12.4 Å². The lowest BCUT2D eigenvalue weighted by atomic mass is 10.5. The molecule has 0 saturated carbocycles. The van der Waals surface area contributed by atoms with Gasteiger partial charge in [-0.2, -0.15) is 13.2 Å². The molecule has 1 aromatic rings. The molecule has 16 heavy (non-hydrogen) atoms. The summed E-state index contributed by atoms with van der Waals surface area (Å²) in [6.07, 6.45) is -4.43. The summed E-state index contributed by atoms with van der Waals surface area (Å²) in [4.78, 5) is 14.3. The average Bonchev–Trinajstić information content (AvgIpc) is 2.63. The van der Waals surface area contributed by atoms with Gasteiger partial charge in [0.15, 0.2) is 10.0 Å². The molecule has 0 aliphatic heterocycles. The van der Waals surface area contributed by atoms with Crippen molar-refractivity contribution in [1.82, 2.24) is 4.98 Å². The highest BCUT2D eigenvalue weighted by Crippen LogP contribution is 2.33. The van der Waals surface area contributed by atoms with E-state index in [1.54, 1.807) is 6.92 Å². The van der Waals surface area contributed by atoms with Crippen LogP contribution < -0.4 is 0 Å². The summed E-state index contributed by atoms with van der Waals surface area (Å²) in [5, 5.41) is 0.924. The van der Waals surface area contributed by atoms with Crippen LogP contribution >= 0.6 is 23.1 Å². The van der Waals surface area contributed by atoms with Gasteiger partial charge < -0.3 is 4.74 Å². The lowest BCUT2D eigenvalue weighted by Crippen LogP contribution is -2.07. The second-order valence-corrected chi connectivity index (χ2v) is 4.67.